The quantitative estimate of drug-likeness (QED) is 0.737. The zero-order valence-corrected chi connectivity index (χ0v) is 13.7. The maximum absolute atomic E-state index is 5.69. The third-order valence-electron chi connectivity index (χ3n) is 4.04. The van der Waals surface area contributed by atoms with E-state index in [1.807, 2.05) is 46.7 Å². The van der Waals surface area contributed by atoms with Crippen LogP contribution in [0.4, 0.5) is 0 Å². The average Bonchev–Trinajstić information content (AvgIpc) is 3.26. The van der Waals surface area contributed by atoms with Gasteiger partial charge in [-0.15, -0.1) is 0 Å². The van der Waals surface area contributed by atoms with E-state index in [2.05, 4.69) is 22.1 Å². The number of benzene rings is 1. The average molecular weight is 325 g/mol. The molecule has 4 rings (SSSR count). The Bertz CT molecular complexity index is 841. The Morgan fingerprint density at radius 1 is 1.21 bits per heavy atom. The molecule has 24 heavy (non-hydrogen) atoms. The molecule has 0 amide bonds. The van der Waals surface area contributed by atoms with E-state index in [1.54, 1.807) is 6.20 Å². The molecule has 0 saturated heterocycles. The summed E-state index contributed by atoms with van der Waals surface area (Å²) < 4.78 is 15.1. The Balaban J connectivity index is 1.79. The van der Waals surface area contributed by atoms with Gasteiger partial charge in [0.15, 0.2) is 17.3 Å². The second-order valence-corrected chi connectivity index (χ2v) is 5.67. The van der Waals surface area contributed by atoms with Crippen molar-refractivity contribution in [3.8, 4) is 17.2 Å². The fourth-order valence-corrected chi connectivity index (χ4v) is 2.95. The molecule has 7 heteroatoms. The van der Waals surface area contributed by atoms with Crippen molar-refractivity contribution in [1.29, 1.82) is 0 Å². The van der Waals surface area contributed by atoms with Crippen molar-refractivity contribution in [2.45, 2.75) is 26.3 Å². The van der Waals surface area contributed by atoms with Crippen LogP contribution in [0.1, 0.15) is 31.0 Å². The molecule has 3 aromatic rings. The fraction of sp³-hybridized carbons (Fsp3) is 0.353. The van der Waals surface area contributed by atoms with Gasteiger partial charge in [0.05, 0.1) is 5.69 Å². The summed E-state index contributed by atoms with van der Waals surface area (Å²) in [7, 11) is 0. The van der Waals surface area contributed by atoms with Crippen LogP contribution in [0.25, 0.3) is 5.69 Å². The lowest BCUT2D eigenvalue weighted by Gasteiger charge is -2.20. The topological polar surface area (TPSA) is 67.0 Å². The van der Waals surface area contributed by atoms with Gasteiger partial charge in [-0.25, -0.2) is 9.67 Å². The number of fused-ring (bicyclic) bond motifs is 1. The molecule has 2 aromatic heterocycles. The highest BCUT2D eigenvalue weighted by Gasteiger charge is 2.22. The van der Waals surface area contributed by atoms with Gasteiger partial charge in [0, 0.05) is 18.5 Å². The Morgan fingerprint density at radius 3 is 2.79 bits per heavy atom. The molecule has 1 aliphatic heterocycles. The highest BCUT2D eigenvalue weighted by Crippen LogP contribution is 2.33. The highest BCUT2D eigenvalue weighted by atomic mass is 16.6. The summed E-state index contributed by atoms with van der Waals surface area (Å²) in [6.07, 6.45) is 4.59. The molecule has 1 atom stereocenters. The van der Waals surface area contributed by atoms with E-state index < -0.39 is 0 Å². The zero-order valence-electron chi connectivity index (χ0n) is 13.7. The van der Waals surface area contributed by atoms with Crippen LogP contribution in [0.2, 0.25) is 0 Å². The van der Waals surface area contributed by atoms with Gasteiger partial charge >= 0.3 is 0 Å². The predicted octanol–water partition coefficient (Wildman–Crippen LogP) is 2.54. The Morgan fingerprint density at radius 2 is 2.04 bits per heavy atom. The highest BCUT2D eigenvalue weighted by molar-refractivity contribution is 5.49. The minimum atomic E-state index is 0.0226. The Labute approximate surface area is 139 Å². The maximum atomic E-state index is 5.69. The Hall–Kier alpha value is -2.83. The number of nitrogens with zero attached hydrogens (tertiary/aromatic N) is 5. The molecule has 1 aliphatic rings. The second-order valence-electron chi connectivity index (χ2n) is 5.67. The lowest BCUT2D eigenvalue weighted by molar-refractivity contribution is 0.171. The summed E-state index contributed by atoms with van der Waals surface area (Å²) >= 11 is 0. The standard InChI is InChI=1S/C17H19N5O2/c1-3-14(21-8-4-7-18-21)17-19-12(2)20-22(17)13-5-6-15-16(11-13)24-10-9-23-15/h4-8,11,14H,3,9-10H2,1-2H3/t14-/m1/s1. The minimum Gasteiger partial charge on any atom is -0.486 e. The molecule has 7 nitrogen and oxygen atoms in total. The van der Waals surface area contributed by atoms with Gasteiger partial charge in [0.2, 0.25) is 0 Å². The van der Waals surface area contributed by atoms with Crippen molar-refractivity contribution in [3.05, 3.63) is 48.3 Å². The van der Waals surface area contributed by atoms with E-state index in [4.69, 9.17) is 9.47 Å². The van der Waals surface area contributed by atoms with Crippen molar-refractivity contribution in [2.75, 3.05) is 13.2 Å². The van der Waals surface area contributed by atoms with Crippen LogP contribution in [0, 0.1) is 6.92 Å². The van der Waals surface area contributed by atoms with Crippen molar-refractivity contribution in [2.24, 2.45) is 0 Å². The molecule has 0 unspecified atom stereocenters. The van der Waals surface area contributed by atoms with Crippen LogP contribution in [0.5, 0.6) is 11.5 Å². The molecule has 0 saturated carbocycles. The summed E-state index contributed by atoms with van der Waals surface area (Å²) in [5.74, 6) is 3.09. The molecule has 0 aliphatic carbocycles. The zero-order chi connectivity index (χ0) is 16.5. The number of ether oxygens (including phenoxy) is 2. The number of hydrogen-bond acceptors (Lipinski definition) is 5. The van der Waals surface area contributed by atoms with Crippen LogP contribution in [-0.2, 0) is 0 Å². The molecule has 0 spiro atoms. The van der Waals surface area contributed by atoms with Gasteiger partial charge in [-0.1, -0.05) is 6.92 Å². The minimum absolute atomic E-state index is 0.0226. The van der Waals surface area contributed by atoms with Crippen molar-refractivity contribution in [3.63, 3.8) is 0 Å². The first-order valence-electron chi connectivity index (χ1n) is 8.09. The maximum Gasteiger partial charge on any atom is 0.163 e. The number of hydrogen-bond donors (Lipinski definition) is 0. The van der Waals surface area contributed by atoms with Crippen LogP contribution in [0.3, 0.4) is 0 Å². The summed E-state index contributed by atoms with van der Waals surface area (Å²) in [6.45, 7) is 5.15. The van der Waals surface area contributed by atoms with Crippen LogP contribution in [-0.4, -0.2) is 37.8 Å². The van der Waals surface area contributed by atoms with Gasteiger partial charge in [0.1, 0.15) is 25.1 Å². The van der Waals surface area contributed by atoms with Gasteiger partial charge in [-0.05, 0) is 31.5 Å². The van der Waals surface area contributed by atoms with Crippen molar-refractivity contribution >= 4 is 0 Å². The number of aryl methyl sites for hydroxylation is 1. The van der Waals surface area contributed by atoms with E-state index >= 15 is 0 Å². The molecule has 0 radical (unpaired) electrons. The SMILES string of the molecule is CC[C@H](c1nc(C)nn1-c1ccc2c(c1)OCCO2)n1cccn1. The first-order chi connectivity index (χ1) is 11.8. The number of rotatable bonds is 4. The second kappa shape index (κ2) is 5.99. The smallest absolute Gasteiger partial charge is 0.163 e. The summed E-state index contributed by atoms with van der Waals surface area (Å²) in [5, 5.41) is 8.95. The molecular weight excluding hydrogens is 306 g/mol. The van der Waals surface area contributed by atoms with E-state index in [-0.39, 0.29) is 6.04 Å². The van der Waals surface area contributed by atoms with Gasteiger partial charge in [-0.3, -0.25) is 4.68 Å². The van der Waals surface area contributed by atoms with Crippen molar-refractivity contribution in [1.82, 2.24) is 24.5 Å². The third kappa shape index (κ3) is 2.51. The van der Waals surface area contributed by atoms with E-state index in [9.17, 15) is 0 Å². The summed E-state index contributed by atoms with van der Waals surface area (Å²) in [6, 6.07) is 7.78. The predicted molar refractivity (Wildman–Crippen MR) is 87.7 cm³/mol. The normalized spacial score (nSPS) is 14.6. The molecule has 3 heterocycles. The lowest BCUT2D eigenvalue weighted by atomic mass is 10.2. The van der Waals surface area contributed by atoms with Gasteiger partial charge in [-0.2, -0.15) is 10.2 Å². The summed E-state index contributed by atoms with van der Waals surface area (Å²) in [5.41, 5.74) is 0.903. The molecule has 0 N–H and O–H groups in total. The largest absolute Gasteiger partial charge is 0.486 e. The molecule has 1 aromatic carbocycles. The molecule has 0 bridgehead atoms. The molecular formula is C17H19N5O2. The number of aromatic nitrogens is 5. The van der Waals surface area contributed by atoms with Crippen LogP contribution < -0.4 is 9.47 Å². The lowest BCUT2D eigenvalue weighted by Crippen LogP contribution is -2.17. The first-order valence-corrected chi connectivity index (χ1v) is 8.09. The van der Waals surface area contributed by atoms with E-state index in [0.29, 0.717) is 13.2 Å². The fourth-order valence-electron chi connectivity index (χ4n) is 2.95. The molecule has 0 fully saturated rings. The first kappa shape index (κ1) is 14.7. The van der Waals surface area contributed by atoms with Crippen LogP contribution in [0.15, 0.2) is 36.7 Å². The van der Waals surface area contributed by atoms with Gasteiger partial charge in [0.25, 0.3) is 0 Å². The Kier molecular flexibility index (Phi) is 3.68. The molecule has 124 valence electrons. The van der Waals surface area contributed by atoms with E-state index in [1.165, 1.54) is 0 Å². The van der Waals surface area contributed by atoms with Crippen molar-refractivity contribution < 1.29 is 9.47 Å². The van der Waals surface area contributed by atoms with E-state index in [0.717, 1.165) is 35.3 Å². The third-order valence-corrected chi connectivity index (χ3v) is 4.04. The van der Waals surface area contributed by atoms with Crippen LogP contribution >= 0.6 is 0 Å². The monoisotopic (exact) mass is 325 g/mol. The van der Waals surface area contributed by atoms with Gasteiger partial charge < -0.3 is 9.47 Å². The summed E-state index contributed by atoms with van der Waals surface area (Å²) in [4.78, 5) is 4.65.